The van der Waals surface area contributed by atoms with Crippen LogP contribution in [0.15, 0.2) is 54.7 Å². The van der Waals surface area contributed by atoms with Crippen LogP contribution in [0, 0.1) is 0 Å². The maximum atomic E-state index is 12.2. The van der Waals surface area contributed by atoms with Crippen LogP contribution in [0.1, 0.15) is 11.6 Å². The second-order valence-electron chi connectivity index (χ2n) is 5.13. The summed E-state index contributed by atoms with van der Waals surface area (Å²) in [6.07, 6.45) is 1.65. The van der Waals surface area contributed by atoms with Crippen molar-refractivity contribution in [3.05, 3.63) is 60.4 Å². The molecule has 0 aliphatic heterocycles. The molecule has 0 radical (unpaired) electrons. The SMILES string of the molecule is COC(=O)C(C(=O)OC)c1cc2ccccc2n1-c1ccccn1. The monoisotopic (exact) mass is 324 g/mol. The Bertz CT molecular complexity index is 870. The third-order valence-electron chi connectivity index (χ3n) is 3.79. The molecule has 122 valence electrons. The molecule has 24 heavy (non-hydrogen) atoms. The van der Waals surface area contributed by atoms with Gasteiger partial charge in [0.25, 0.3) is 0 Å². The topological polar surface area (TPSA) is 70.4 Å². The molecule has 0 aliphatic rings. The van der Waals surface area contributed by atoms with Crippen LogP contribution in [0.5, 0.6) is 0 Å². The Morgan fingerprint density at radius 3 is 2.29 bits per heavy atom. The normalized spacial score (nSPS) is 10.8. The minimum absolute atomic E-state index is 0.452. The van der Waals surface area contributed by atoms with Crippen molar-refractivity contribution in [2.24, 2.45) is 0 Å². The first-order chi connectivity index (χ1) is 11.7. The van der Waals surface area contributed by atoms with Crippen LogP contribution in [0.3, 0.4) is 0 Å². The Balaban J connectivity index is 2.30. The van der Waals surface area contributed by atoms with E-state index in [1.165, 1.54) is 14.2 Å². The molecule has 0 amide bonds. The molecular formula is C18H16N2O4. The Hall–Kier alpha value is -3.15. The van der Waals surface area contributed by atoms with Crippen molar-refractivity contribution in [1.82, 2.24) is 9.55 Å². The number of benzene rings is 1. The van der Waals surface area contributed by atoms with Crippen molar-refractivity contribution in [3.8, 4) is 5.82 Å². The highest BCUT2D eigenvalue weighted by atomic mass is 16.5. The highest BCUT2D eigenvalue weighted by molar-refractivity contribution is 6.02. The third kappa shape index (κ3) is 2.62. The number of fused-ring (bicyclic) bond motifs is 1. The lowest BCUT2D eigenvalue weighted by atomic mass is 10.1. The molecule has 0 spiro atoms. The summed E-state index contributed by atoms with van der Waals surface area (Å²) in [7, 11) is 2.48. The fraction of sp³-hybridized carbons (Fsp3) is 0.167. The summed E-state index contributed by atoms with van der Waals surface area (Å²) in [5, 5.41) is 0.885. The number of nitrogens with zero attached hydrogens (tertiary/aromatic N) is 2. The third-order valence-corrected chi connectivity index (χ3v) is 3.79. The first-order valence-corrected chi connectivity index (χ1v) is 7.35. The summed E-state index contributed by atoms with van der Waals surface area (Å²) < 4.78 is 11.4. The Kier molecular flexibility index (Phi) is 4.29. The fourth-order valence-corrected chi connectivity index (χ4v) is 2.70. The Labute approximate surface area is 138 Å². The van der Waals surface area contributed by atoms with E-state index in [1.54, 1.807) is 22.9 Å². The first kappa shape index (κ1) is 15.7. The summed E-state index contributed by atoms with van der Waals surface area (Å²) in [4.78, 5) is 28.8. The molecule has 3 rings (SSSR count). The van der Waals surface area contributed by atoms with Gasteiger partial charge in [0.2, 0.25) is 0 Å². The van der Waals surface area contributed by atoms with E-state index in [9.17, 15) is 9.59 Å². The molecule has 0 saturated carbocycles. The van der Waals surface area contributed by atoms with Gasteiger partial charge in [-0.1, -0.05) is 24.3 Å². The van der Waals surface area contributed by atoms with E-state index in [0.29, 0.717) is 11.5 Å². The molecule has 0 fully saturated rings. The molecule has 1 aromatic carbocycles. The molecule has 0 bridgehead atoms. The van der Waals surface area contributed by atoms with Gasteiger partial charge in [-0.3, -0.25) is 14.2 Å². The summed E-state index contributed by atoms with van der Waals surface area (Å²) in [6, 6.07) is 14.8. The van der Waals surface area contributed by atoms with Crippen molar-refractivity contribution in [1.29, 1.82) is 0 Å². The summed E-state index contributed by atoms with van der Waals surface area (Å²) in [6.45, 7) is 0. The second kappa shape index (κ2) is 6.54. The summed E-state index contributed by atoms with van der Waals surface area (Å²) in [5.74, 6) is -1.94. The van der Waals surface area contributed by atoms with Crippen molar-refractivity contribution < 1.29 is 19.1 Å². The van der Waals surface area contributed by atoms with Gasteiger partial charge in [-0.15, -0.1) is 0 Å². The molecule has 2 heterocycles. The van der Waals surface area contributed by atoms with Gasteiger partial charge < -0.3 is 9.47 Å². The Morgan fingerprint density at radius 1 is 1.00 bits per heavy atom. The zero-order chi connectivity index (χ0) is 17.1. The van der Waals surface area contributed by atoms with Gasteiger partial charge in [0, 0.05) is 11.6 Å². The molecule has 2 aromatic heterocycles. The number of carbonyl (C=O) groups is 2. The number of para-hydroxylation sites is 1. The molecule has 0 N–H and O–H groups in total. The quantitative estimate of drug-likeness (QED) is 0.544. The summed E-state index contributed by atoms with van der Waals surface area (Å²) in [5.41, 5.74) is 1.29. The minimum atomic E-state index is -1.19. The number of hydrogen-bond acceptors (Lipinski definition) is 5. The number of aromatic nitrogens is 2. The van der Waals surface area contributed by atoms with E-state index in [0.717, 1.165) is 10.9 Å². The van der Waals surface area contributed by atoms with Crippen LogP contribution in [-0.2, 0) is 19.1 Å². The highest BCUT2D eigenvalue weighted by Gasteiger charge is 2.34. The maximum absolute atomic E-state index is 12.2. The van der Waals surface area contributed by atoms with Crippen LogP contribution in [0.2, 0.25) is 0 Å². The maximum Gasteiger partial charge on any atom is 0.326 e. The van der Waals surface area contributed by atoms with E-state index in [1.807, 2.05) is 36.4 Å². The van der Waals surface area contributed by atoms with Crippen molar-refractivity contribution in [3.63, 3.8) is 0 Å². The van der Waals surface area contributed by atoms with E-state index in [4.69, 9.17) is 9.47 Å². The van der Waals surface area contributed by atoms with Crippen LogP contribution < -0.4 is 0 Å². The number of methoxy groups -OCH3 is 2. The zero-order valence-electron chi connectivity index (χ0n) is 13.3. The summed E-state index contributed by atoms with van der Waals surface area (Å²) >= 11 is 0. The van der Waals surface area contributed by atoms with Gasteiger partial charge in [0.15, 0.2) is 5.92 Å². The predicted molar refractivity (Wildman–Crippen MR) is 87.8 cm³/mol. The van der Waals surface area contributed by atoms with Crippen LogP contribution >= 0.6 is 0 Å². The van der Waals surface area contributed by atoms with E-state index >= 15 is 0 Å². The zero-order valence-corrected chi connectivity index (χ0v) is 13.3. The van der Waals surface area contributed by atoms with Gasteiger partial charge in [0.05, 0.1) is 25.4 Å². The standard InChI is InChI=1S/C18H16N2O4/c1-23-17(21)16(18(22)24-2)14-11-12-7-3-4-8-13(12)20(14)15-9-5-6-10-19-15/h3-11,16H,1-2H3. The van der Waals surface area contributed by atoms with Gasteiger partial charge in [-0.25, -0.2) is 4.98 Å². The number of hydrogen-bond donors (Lipinski definition) is 0. The van der Waals surface area contributed by atoms with Gasteiger partial charge >= 0.3 is 11.9 Å². The van der Waals surface area contributed by atoms with Crippen LogP contribution in [0.4, 0.5) is 0 Å². The largest absolute Gasteiger partial charge is 0.468 e. The molecule has 3 aromatic rings. The lowest BCUT2D eigenvalue weighted by Gasteiger charge is -2.16. The van der Waals surface area contributed by atoms with E-state index < -0.39 is 17.9 Å². The van der Waals surface area contributed by atoms with E-state index in [-0.39, 0.29) is 0 Å². The second-order valence-corrected chi connectivity index (χ2v) is 5.13. The molecule has 0 aliphatic carbocycles. The number of ether oxygens (including phenoxy) is 2. The molecular weight excluding hydrogens is 308 g/mol. The van der Waals surface area contributed by atoms with Crippen molar-refractivity contribution >= 4 is 22.8 Å². The van der Waals surface area contributed by atoms with Gasteiger partial charge in [0.1, 0.15) is 5.82 Å². The first-order valence-electron chi connectivity index (χ1n) is 7.35. The number of esters is 2. The average Bonchev–Trinajstić information content (AvgIpc) is 3.01. The number of pyridine rings is 1. The predicted octanol–water partition coefficient (Wildman–Crippen LogP) is 2.46. The molecule has 0 unspecified atom stereocenters. The van der Waals surface area contributed by atoms with Crippen LogP contribution in [0.25, 0.3) is 16.7 Å². The van der Waals surface area contributed by atoms with Gasteiger partial charge in [-0.2, -0.15) is 0 Å². The molecule has 0 saturated heterocycles. The minimum Gasteiger partial charge on any atom is -0.468 e. The average molecular weight is 324 g/mol. The fourth-order valence-electron chi connectivity index (χ4n) is 2.70. The molecule has 0 atom stereocenters. The smallest absolute Gasteiger partial charge is 0.326 e. The Morgan fingerprint density at radius 2 is 1.67 bits per heavy atom. The number of rotatable bonds is 4. The molecule has 6 heteroatoms. The van der Waals surface area contributed by atoms with Crippen LogP contribution in [-0.4, -0.2) is 35.7 Å². The molecule has 6 nitrogen and oxygen atoms in total. The number of carbonyl (C=O) groups excluding carboxylic acids is 2. The van der Waals surface area contributed by atoms with Crippen molar-refractivity contribution in [2.45, 2.75) is 5.92 Å². The van der Waals surface area contributed by atoms with Crippen molar-refractivity contribution in [2.75, 3.05) is 14.2 Å². The van der Waals surface area contributed by atoms with E-state index in [2.05, 4.69) is 4.98 Å². The highest BCUT2D eigenvalue weighted by Crippen LogP contribution is 2.30. The van der Waals surface area contributed by atoms with Gasteiger partial charge in [-0.05, 0) is 24.3 Å². The lowest BCUT2D eigenvalue weighted by Crippen LogP contribution is -2.26. The lowest BCUT2D eigenvalue weighted by molar-refractivity contribution is -0.154.